The lowest BCUT2D eigenvalue weighted by Gasteiger charge is -2.14. The van der Waals surface area contributed by atoms with Gasteiger partial charge in [0.2, 0.25) is 10.0 Å². The van der Waals surface area contributed by atoms with Crippen molar-refractivity contribution in [2.75, 3.05) is 25.1 Å². The van der Waals surface area contributed by atoms with Gasteiger partial charge in [0, 0.05) is 24.7 Å². The second-order valence-electron chi connectivity index (χ2n) is 6.22. The lowest BCUT2D eigenvalue weighted by molar-refractivity contribution is 0.297. The summed E-state index contributed by atoms with van der Waals surface area (Å²) in [6.45, 7) is 4.19. The first-order chi connectivity index (χ1) is 13.5. The van der Waals surface area contributed by atoms with Gasteiger partial charge in [0.05, 0.1) is 24.7 Å². The topological polar surface area (TPSA) is 115 Å². The molecular formula is C19H25IN4O4S. The monoisotopic (exact) mass is 532 g/mol. The third-order valence-electron chi connectivity index (χ3n) is 4.00. The predicted molar refractivity (Wildman–Crippen MR) is 124 cm³/mol. The van der Waals surface area contributed by atoms with Crippen molar-refractivity contribution in [1.82, 2.24) is 5.32 Å². The van der Waals surface area contributed by atoms with Crippen LogP contribution in [-0.4, -0.2) is 34.1 Å². The third-order valence-corrected chi connectivity index (χ3v) is 4.91. The number of sulfonamides is 1. The largest absolute Gasteiger partial charge is 0.490 e. The van der Waals surface area contributed by atoms with Crippen molar-refractivity contribution in [2.45, 2.75) is 24.8 Å². The van der Waals surface area contributed by atoms with Crippen LogP contribution in [0.5, 0.6) is 11.5 Å². The average Bonchev–Trinajstić information content (AvgIpc) is 2.91. The van der Waals surface area contributed by atoms with Crippen LogP contribution in [0.15, 0.2) is 52.4 Å². The van der Waals surface area contributed by atoms with E-state index in [4.69, 9.17) is 14.6 Å². The lowest BCUT2D eigenvalue weighted by atomic mass is 10.2. The molecule has 2 aromatic carbocycles. The van der Waals surface area contributed by atoms with Gasteiger partial charge >= 0.3 is 0 Å². The minimum absolute atomic E-state index is 0. The molecule has 1 aliphatic rings. The minimum atomic E-state index is -3.74. The number of fused-ring (bicyclic) bond motifs is 1. The molecule has 0 aromatic heterocycles. The molecule has 10 heteroatoms. The number of rotatable bonds is 5. The fourth-order valence-electron chi connectivity index (χ4n) is 2.68. The third kappa shape index (κ3) is 6.75. The maximum atomic E-state index is 11.5. The number of hydrogen-bond donors (Lipinski definition) is 3. The van der Waals surface area contributed by atoms with Gasteiger partial charge in [-0.15, -0.1) is 24.0 Å². The lowest BCUT2D eigenvalue weighted by Crippen LogP contribution is -2.30. The van der Waals surface area contributed by atoms with Crippen LogP contribution in [0, 0.1) is 0 Å². The molecule has 0 bridgehead atoms. The zero-order chi connectivity index (χ0) is 20.0. The Hall–Kier alpha value is -2.05. The number of halogens is 1. The summed E-state index contributed by atoms with van der Waals surface area (Å²) in [5, 5.41) is 11.6. The highest BCUT2D eigenvalue weighted by atomic mass is 127. The second-order valence-corrected chi connectivity index (χ2v) is 7.79. The zero-order valence-corrected chi connectivity index (χ0v) is 19.2. The molecule has 0 atom stereocenters. The molecule has 0 fully saturated rings. The number of anilines is 1. The van der Waals surface area contributed by atoms with E-state index in [0.29, 0.717) is 38.0 Å². The maximum absolute atomic E-state index is 11.5. The van der Waals surface area contributed by atoms with Gasteiger partial charge < -0.3 is 20.1 Å². The Kier molecular flexibility index (Phi) is 8.53. The Balaban J connectivity index is 0.00000300. The van der Waals surface area contributed by atoms with Gasteiger partial charge in [-0.25, -0.2) is 18.5 Å². The van der Waals surface area contributed by atoms with Crippen LogP contribution in [-0.2, 0) is 16.6 Å². The number of nitrogens with zero attached hydrogens (tertiary/aromatic N) is 1. The van der Waals surface area contributed by atoms with Crippen LogP contribution in [0.25, 0.3) is 0 Å². The molecule has 0 unspecified atom stereocenters. The SMILES string of the molecule is CCNC(=NCc1cccc(S(N)(=O)=O)c1)Nc1ccc2c(c1)OCCCO2.I. The normalized spacial score (nSPS) is 13.8. The first-order valence-corrected chi connectivity index (χ1v) is 10.6. The average molecular weight is 532 g/mol. The highest BCUT2D eigenvalue weighted by Crippen LogP contribution is 2.32. The number of aliphatic imine (C=N–C) groups is 1. The number of hydrogen-bond acceptors (Lipinski definition) is 5. The molecule has 0 spiro atoms. The van der Waals surface area contributed by atoms with Gasteiger partial charge in [-0.2, -0.15) is 0 Å². The Morgan fingerprint density at radius 3 is 2.62 bits per heavy atom. The smallest absolute Gasteiger partial charge is 0.238 e. The molecule has 158 valence electrons. The highest BCUT2D eigenvalue weighted by Gasteiger charge is 2.12. The number of nitrogens with one attached hydrogen (secondary N) is 2. The van der Waals surface area contributed by atoms with Crippen LogP contribution in [0.3, 0.4) is 0 Å². The standard InChI is InChI=1S/C19H24N4O4S.HI/c1-2-21-19(22-13-14-5-3-6-16(11-14)28(20,24)25)23-15-7-8-17-18(12-15)27-10-4-9-26-17;/h3,5-8,11-12H,2,4,9-10,13H2,1H3,(H2,20,24,25)(H2,21,22,23);1H. The Labute approximate surface area is 188 Å². The molecular weight excluding hydrogens is 507 g/mol. The van der Waals surface area contributed by atoms with Crippen LogP contribution in [0.4, 0.5) is 5.69 Å². The van der Waals surface area contributed by atoms with Crippen molar-refractivity contribution in [1.29, 1.82) is 0 Å². The summed E-state index contributed by atoms with van der Waals surface area (Å²) in [5.74, 6) is 1.99. The number of ether oxygens (including phenoxy) is 2. The second kappa shape index (κ2) is 10.6. The molecule has 0 radical (unpaired) electrons. The first-order valence-electron chi connectivity index (χ1n) is 9.02. The number of guanidine groups is 1. The molecule has 1 aliphatic heterocycles. The fraction of sp³-hybridized carbons (Fsp3) is 0.316. The van der Waals surface area contributed by atoms with E-state index in [1.165, 1.54) is 12.1 Å². The highest BCUT2D eigenvalue weighted by molar-refractivity contribution is 14.0. The summed E-state index contributed by atoms with van der Waals surface area (Å²) in [5.41, 5.74) is 1.55. The van der Waals surface area contributed by atoms with E-state index in [-0.39, 0.29) is 28.9 Å². The summed E-state index contributed by atoms with van der Waals surface area (Å²) in [4.78, 5) is 4.59. The number of primary sulfonamides is 1. The molecule has 8 nitrogen and oxygen atoms in total. The van der Waals surface area contributed by atoms with Crippen molar-refractivity contribution in [3.63, 3.8) is 0 Å². The summed E-state index contributed by atoms with van der Waals surface area (Å²) < 4.78 is 34.4. The van der Waals surface area contributed by atoms with E-state index in [2.05, 4.69) is 15.6 Å². The predicted octanol–water partition coefficient (Wildman–Crippen LogP) is 2.69. The van der Waals surface area contributed by atoms with Crippen LogP contribution >= 0.6 is 24.0 Å². The molecule has 2 aromatic rings. The van der Waals surface area contributed by atoms with Crippen molar-refractivity contribution < 1.29 is 17.9 Å². The van der Waals surface area contributed by atoms with Crippen molar-refractivity contribution in [3.05, 3.63) is 48.0 Å². The molecule has 0 saturated carbocycles. The van der Waals surface area contributed by atoms with E-state index >= 15 is 0 Å². The molecule has 0 saturated heterocycles. The van der Waals surface area contributed by atoms with Gasteiger partial charge in [0.1, 0.15) is 0 Å². The maximum Gasteiger partial charge on any atom is 0.238 e. The van der Waals surface area contributed by atoms with E-state index < -0.39 is 10.0 Å². The summed E-state index contributed by atoms with van der Waals surface area (Å²) in [6.07, 6.45) is 0.846. The molecule has 0 amide bonds. The van der Waals surface area contributed by atoms with E-state index in [1.807, 2.05) is 25.1 Å². The number of benzene rings is 2. The summed E-state index contributed by atoms with van der Waals surface area (Å²) in [6, 6.07) is 12.1. The Morgan fingerprint density at radius 2 is 1.90 bits per heavy atom. The zero-order valence-electron chi connectivity index (χ0n) is 16.1. The number of nitrogens with two attached hydrogens (primary N) is 1. The van der Waals surface area contributed by atoms with Crippen molar-refractivity contribution in [2.24, 2.45) is 10.1 Å². The Morgan fingerprint density at radius 1 is 1.14 bits per heavy atom. The van der Waals surface area contributed by atoms with Gasteiger partial charge in [-0.1, -0.05) is 12.1 Å². The van der Waals surface area contributed by atoms with Gasteiger partial charge in [0.15, 0.2) is 17.5 Å². The van der Waals surface area contributed by atoms with Crippen LogP contribution < -0.4 is 25.2 Å². The molecule has 1 heterocycles. The van der Waals surface area contributed by atoms with Crippen LogP contribution in [0.1, 0.15) is 18.9 Å². The molecule has 29 heavy (non-hydrogen) atoms. The molecule has 3 rings (SSSR count). The molecule has 4 N–H and O–H groups in total. The van der Waals surface area contributed by atoms with Gasteiger partial charge in [0.25, 0.3) is 0 Å². The summed E-state index contributed by atoms with van der Waals surface area (Å²) >= 11 is 0. The quantitative estimate of drug-likeness (QED) is 0.310. The fourth-order valence-corrected chi connectivity index (χ4v) is 3.26. The van der Waals surface area contributed by atoms with E-state index in [1.54, 1.807) is 12.1 Å². The van der Waals surface area contributed by atoms with Crippen molar-refractivity contribution >= 4 is 45.6 Å². The van der Waals surface area contributed by atoms with Gasteiger partial charge in [-0.05, 0) is 36.8 Å². The van der Waals surface area contributed by atoms with Crippen LogP contribution in [0.2, 0.25) is 0 Å². The minimum Gasteiger partial charge on any atom is -0.490 e. The van der Waals surface area contributed by atoms with Crippen molar-refractivity contribution in [3.8, 4) is 11.5 Å². The van der Waals surface area contributed by atoms with E-state index in [0.717, 1.165) is 23.4 Å². The summed E-state index contributed by atoms with van der Waals surface area (Å²) in [7, 11) is -3.74. The Bertz CT molecular complexity index is 966. The first kappa shape index (κ1) is 23.2. The van der Waals surface area contributed by atoms with E-state index in [9.17, 15) is 8.42 Å². The molecule has 0 aliphatic carbocycles. The van der Waals surface area contributed by atoms with Gasteiger partial charge in [-0.3, -0.25) is 0 Å².